The van der Waals surface area contributed by atoms with E-state index in [4.69, 9.17) is 9.47 Å². The molecule has 0 aliphatic heterocycles. The van der Waals surface area contributed by atoms with Gasteiger partial charge in [0.15, 0.2) is 11.5 Å². The topological polar surface area (TPSA) is 47.6 Å². The first-order valence-corrected chi connectivity index (χ1v) is 10.2. The van der Waals surface area contributed by atoms with E-state index in [-0.39, 0.29) is 5.91 Å². The summed E-state index contributed by atoms with van der Waals surface area (Å²) in [5, 5.41) is 3.24. The average molecular weight is 366 g/mol. The van der Waals surface area contributed by atoms with Crippen molar-refractivity contribution in [3.63, 3.8) is 0 Å². The maximum absolute atomic E-state index is 12.3. The van der Waals surface area contributed by atoms with Crippen molar-refractivity contribution < 1.29 is 14.3 Å². The summed E-state index contributed by atoms with van der Waals surface area (Å²) in [5.41, 5.74) is 2.33. The van der Waals surface area contributed by atoms with Gasteiger partial charge in [-0.1, -0.05) is 26.7 Å². The molecular weight excluding hydrogens is 334 g/mol. The molecule has 0 heterocycles. The van der Waals surface area contributed by atoms with Crippen molar-refractivity contribution in [3.05, 3.63) is 23.3 Å². The molecule has 1 amide bonds. The van der Waals surface area contributed by atoms with Crippen LogP contribution in [0.2, 0.25) is 0 Å². The Morgan fingerprint density at radius 1 is 1.20 bits per heavy atom. The normalized spacial score (nSPS) is 23.2. The van der Waals surface area contributed by atoms with E-state index in [1.807, 2.05) is 12.1 Å². The van der Waals surface area contributed by atoms with Gasteiger partial charge in [0.1, 0.15) is 0 Å². The summed E-state index contributed by atoms with van der Waals surface area (Å²) in [4.78, 5) is 12.3. The number of hydrogen-bond acceptors (Lipinski definition) is 4. The van der Waals surface area contributed by atoms with Gasteiger partial charge in [-0.15, -0.1) is 11.8 Å². The molecule has 4 nitrogen and oxygen atoms in total. The monoisotopic (exact) mass is 365 g/mol. The van der Waals surface area contributed by atoms with E-state index in [1.54, 1.807) is 26.0 Å². The molecule has 1 aromatic rings. The highest BCUT2D eigenvalue weighted by molar-refractivity contribution is 7.99. The SMILES string of the molecule is COc1cc(C)c(CSCC(=O)N[C@H]2CCC[C@@H](C)[C@@H]2C)cc1OC. The van der Waals surface area contributed by atoms with Gasteiger partial charge in [0.2, 0.25) is 5.91 Å². The number of carbonyl (C=O) groups excluding carboxylic acids is 1. The minimum absolute atomic E-state index is 0.147. The van der Waals surface area contributed by atoms with Crippen LogP contribution in [0.25, 0.3) is 0 Å². The van der Waals surface area contributed by atoms with Crippen molar-refractivity contribution in [2.24, 2.45) is 11.8 Å². The number of methoxy groups -OCH3 is 2. The number of rotatable bonds is 7. The molecular formula is C20H31NO3S. The highest BCUT2D eigenvalue weighted by Gasteiger charge is 2.27. The van der Waals surface area contributed by atoms with Crippen LogP contribution in [0.4, 0.5) is 0 Å². The quantitative estimate of drug-likeness (QED) is 0.787. The summed E-state index contributed by atoms with van der Waals surface area (Å²) in [7, 11) is 3.28. The van der Waals surface area contributed by atoms with Gasteiger partial charge in [0.05, 0.1) is 20.0 Å². The predicted octanol–water partition coefficient (Wildman–Crippen LogP) is 4.19. The summed E-state index contributed by atoms with van der Waals surface area (Å²) in [5.74, 6) is 4.16. The number of thioether (sulfide) groups is 1. The van der Waals surface area contributed by atoms with Crippen LogP contribution >= 0.6 is 11.8 Å². The third-order valence-electron chi connectivity index (χ3n) is 5.39. The molecule has 1 fully saturated rings. The van der Waals surface area contributed by atoms with Crippen LogP contribution < -0.4 is 14.8 Å². The van der Waals surface area contributed by atoms with Gasteiger partial charge in [0.25, 0.3) is 0 Å². The number of amides is 1. The minimum atomic E-state index is 0.147. The van der Waals surface area contributed by atoms with E-state index < -0.39 is 0 Å². The number of carbonyl (C=O) groups is 1. The molecule has 5 heteroatoms. The zero-order valence-electron chi connectivity index (χ0n) is 16.1. The van der Waals surface area contributed by atoms with Crippen LogP contribution in [0.15, 0.2) is 12.1 Å². The zero-order valence-corrected chi connectivity index (χ0v) is 16.9. The Labute approximate surface area is 156 Å². The van der Waals surface area contributed by atoms with Gasteiger partial charge in [-0.25, -0.2) is 0 Å². The molecule has 0 unspecified atom stereocenters. The zero-order chi connectivity index (χ0) is 18.4. The summed E-state index contributed by atoms with van der Waals surface area (Å²) in [6.45, 7) is 6.61. The van der Waals surface area contributed by atoms with Gasteiger partial charge in [-0.05, 0) is 48.4 Å². The van der Waals surface area contributed by atoms with Crippen LogP contribution in [0, 0.1) is 18.8 Å². The lowest BCUT2D eigenvalue weighted by Gasteiger charge is -2.34. The maximum atomic E-state index is 12.3. The van der Waals surface area contributed by atoms with Crippen LogP contribution in [0.3, 0.4) is 0 Å². The summed E-state index contributed by atoms with van der Waals surface area (Å²) >= 11 is 1.64. The number of nitrogens with one attached hydrogen (secondary N) is 1. The molecule has 1 aromatic carbocycles. The minimum Gasteiger partial charge on any atom is -0.493 e. The summed E-state index contributed by atoms with van der Waals surface area (Å²) in [6.07, 6.45) is 3.60. The lowest BCUT2D eigenvalue weighted by Crippen LogP contribution is -2.44. The Bertz CT molecular complexity index is 591. The van der Waals surface area contributed by atoms with E-state index in [0.717, 1.165) is 29.2 Å². The van der Waals surface area contributed by atoms with Gasteiger partial charge >= 0.3 is 0 Å². The first-order valence-electron chi connectivity index (χ1n) is 9.04. The number of benzene rings is 1. The fraction of sp³-hybridized carbons (Fsp3) is 0.650. The van der Waals surface area contributed by atoms with E-state index >= 15 is 0 Å². The molecule has 0 saturated heterocycles. The maximum Gasteiger partial charge on any atom is 0.230 e. The second-order valence-corrected chi connectivity index (χ2v) is 8.05. The van der Waals surface area contributed by atoms with Gasteiger partial charge in [-0.2, -0.15) is 0 Å². The van der Waals surface area contributed by atoms with E-state index in [2.05, 4.69) is 26.1 Å². The third-order valence-corrected chi connectivity index (χ3v) is 6.37. The van der Waals surface area contributed by atoms with E-state index in [1.165, 1.54) is 18.4 Å². The highest BCUT2D eigenvalue weighted by Crippen LogP contribution is 2.32. The summed E-state index contributed by atoms with van der Waals surface area (Å²) in [6, 6.07) is 4.32. The number of aryl methyl sites for hydroxylation is 1. The van der Waals surface area contributed by atoms with Gasteiger partial charge in [-0.3, -0.25) is 4.79 Å². The van der Waals surface area contributed by atoms with Gasteiger partial charge in [0, 0.05) is 11.8 Å². The molecule has 3 atom stereocenters. The van der Waals surface area contributed by atoms with Crippen molar-refractivity contribution in [3.8, 4) is 11.5 Å². The van der Waals surface area contributed by atoms with Crippen molar-refractivity contribution >= 4 is 17.7 Å². The number of hydrogen-bond donors (Lipinski definition) is 1. The van der Waals surface area contributed by atoms with Crippen molar-refractivity contribution in [2.75, 3.05) is 20.0 Å². The average Bonchev–Trinajstić information content (AvgIpc) is 2.60. The Kier molecular flexibility index (Phi) is 7.48. The van der Waals surface area contributed by atoms with Crippen molar-refractivity contribution in [2.45, 2.75) is 51.8 Å². The Balaban J connectivity index is 1.85. The molecule has 0 bridgehead atoms. The molecule has 1 aliphatic rings. The van der Waals surface area contributed by atoms with Crippen molar-refractivity contribution in [1.29, 1.82) is 0 Å². The highest BCUT2D eigenvalue weighted by atomic mass is 32.2. The lowest BCUT2D eigenvalue weighted by atomic mass is 9.78. The second-order valence-electron chi connectivity index (χ2n) is 7.07. The van der Waals surface area contributed by atoms with Crippen LogP contribution in [0.5, 0.6) is 11.5 Å². The molecule has 0 aromatic heterocycles. The molecule has 2 rings (SSSR count). The lowest BCUT2D eigenvalue weighted by molar-refractivity contribution is -0.119. The smallest absolute Gasteiger partial charge is 0.230 e. The van der Waals surface area contributed by atoms with Gasteiger partial charge < -0.3 is 14.8 Å². The van der Waals surface area contributed by atoms with E-state index in [9.17, 15) is 4.79 Å². The Hall–Kier alpha value is -1.36. The van der Waals surface area contributed by atoms with Crippen LogP contribution in [-0.4, -0.2) is 31.9 Å². The standard InChI is InChI=1S/C20H31NO3S/c1-13-7-6-8-17(15(13)3)21-20(22)12-25-11-16-10-19(24-5)18(23-4)9-14(16)2/h9-10,13,15,17H,6-8,11-12H2,1-5H3,(H,21,22)/t13-,15+,17+/m1/s1. The molecule has 1 saturated carbocycles. The molecule has 25 heavy (non-hydrogen) atoms. The first-order chi connectivity index (χ1) is 12.0. The molecule has 0 radical (unpaired) electrons. The Morgan fingerprint density at radius 3 is 2.56 bits per heavy atom. The van der Waals surface area contributed by atoms with Crippen molar-refractivity contribution in [1.82, 2.24) is 5.32 Å². The fourth-order valence-electron chi connectivity index (χ4n) is 3.47. The molecule has 140 valence electrons. The van der Waals surface area contributed by atoms with E-state index in [0.29, 0.717) is 23.6 Å². The predicted molar refractivity (Wildman–Crippen MR) is 105 cm³/mol. The fourth-order valence-corrected chi connectivity index (χ4v) is 4.37. The molecule has 1 aliphatic carbocycles. The van der Waals surface area contributed by atoms with Crippen LogP contribution in [0.1, 0.15) is 44.2 Å². The largest absolute Gasteiger partial charge is 0.493 e. The Morgan fingerprint density at radius 2 is 1.88 bits per heavy atom. The first kappa shape index (κ1) is 20.0. The van der Waals surface area contributed by atoms with Crippen LogP contribution in [-0.2, 0) is 10.5 Å². The number of ether oxygens (including phenoxy) is 2. The third kappa shape index (κ3) is 5.30. The second kappa shape index (κ2) is 9.37. The molecule has 0 spiro atoms. The summed E-state index contributed by atoms with van der Waals surface area (Å²) < 4.78 is 10.7. The molecule has 1 N–H and O–H groups in total.